The van der Waals surface area contributed by atoms with Gasteiger partial charge in [0.05, 0.1) is 10.6 Å². The molecule has 9 heteroatoms. The van der Waals surface area contributed by atoms with Crippen molar-refractivity contribution in [1.29, 1.82) is 0 Å². The number of hydrogen-bond donors (Lipinski definition) is 1. The molecule has 8 nitrogen and oxygen atoms in total. The standard InChI is InChI=1S/C20H17N5O3S/c1-13(26)15-5-4-8-18(12-15)29(27,28)24-17-7-3-6-16(11-17)19-9-10-20-22-21-14(2)25(20)23-19/h3-12,24H,1-2H3. The van der Waals surface area contributed by atoms with Gasteiger partial charge in [0, 0.05) is 16.8 Å². The minimum atomic E-state index is -3.85. The Morgan fingerprint density at radius 1 is 1.00 bits per heavy atom. The molecule has 146 valence electrons. The molecule has 0 unspecified atom stereocenters. The van der Waals surface area contributed by atoms with E-state index in [4.69, 9.17) is 0 Å². The first-order chi connectivity index (χ1) is 13.8. The Kier molecular flexibility index (Phi) is 4.59. The van der Waals surface area contributed by atoms with Gasteiger partial charge >= 0.3 is 0 Å². The SMILES string of the molecule is CC(=O)c1cccc(S(=O)(=O)Nc2cccc(-c3ccc4nnc(C)n4n3)c2)c1. The van der Waals surface area contributed by atoms with Crippen LogP contribution in [0.1, 0.15) is 23.1 Å². The predicted molar refractivity (Wildman–Crippen MR) is 108 cm³/mol. The van der Waals surface area contributed by atoms with Gasteiger partial charge in [0.2, 0.25) is 0 Å². The van der Waals surface area contributed by atoms with Crippen molar-refractivity contribution >= 4 is 27.1 Å². The number of rotatable bonds is 5. The van der Waals surface area contributed by atoms with Gasteiger partial charge in [-0.05, 0) is 50.2 Å². The fourth-order valence-electron chi connectivity index (χ4n) is 2.89. The van der Waals surface area contributed by atoms with E-state index in [0.717, 1.165) is 5.56 Å². The smallest absolute Gasteiger partial charge is 0.261 e. The highest BCUT2D eigenvalue weighted by Crippen LogP contribution is 2.23. The Morgan fingerprint density at radius 2 is 1.79 bits per heavy atom. The molecule has 2 aromatic carbocycles. The third kappa shape index (κ3) is 3.72. The molecule has 2 heterocycles. The van der Waals surface area contributed by atoms with Crippen molar-refractivity contribution in [2.75, 3.05) is 4.72 Å². The predicted octanol–water partition coefficient (Wildman–Crippen LogP) is 3.10. The molecule has 0 bridgehead atoms. The maximum atomic E-state index is 12.8. The number of aromatic nitrogens is 4. The van der Waals surface area contributed by atoms with Crippen molar-refractivity contribution in [3.63, 3.8) is 0 Å². The average Bonchev–Trinajstić information content (AvgIpc) is 3.08. The van der Waals surface area contributed by atoms with E-state index >= 15 is 0 Å². The molecule has 0 fully saturated rings. The number of ketones is 1. The Morgan fingerprint density at radius 3 is 2.59 bits per heavy atom. The molecule has 0 aliphatic heterocycles. The van der Waals surface area contributed by atoms with Crippen LogP contribution < -0.4 is 4.72 Å². The number of carbonyl (C=O) groups excluding carboxylic acids is 1. The summed E-state index contributed by atoms with van der Waals surface area (Å²) in [6.45, 7) is 3.19. The van der Waals surface area contributed by atoms with Gasteiger partial charge in [0.1, 0.15) is 0 Å². The monoisotopic (exact) mass is 407 g/mol. The third-order valence-electron chi connectivity index (χ3n) is 4.38. The number of anilines is 1. The minimum absolute atomic E-state index is 0.0234. The van der Waals surface area contributed by atoms with Crippen LogP contribution in [-0.4, -0.2) is 34.0 Å². The number of nitrogens with one attached hydrogen (secondary N) is 1. The molecule has 2 aromatic heterocycles. The molecule has 29 heavy (non-hydrogen) atoms. The third-order valence-corrected chi connectivity index (χ3v) is 5.76. The average molecular weight is 407 g/mol. The van der Waals surface area contributed by atoms with E-state index in [1.807, 2.05) is 6.07 Å². The quantitative estimate of drug-likeness (QED) is 0.510. The number of fused-ring (bicyclic) bond motifs is 1. The Labute approximate surface area is 167 Å². The molecule has 0 atom stereocenters. The molecule has 0 saturated carbocycles. The first-order valence-electron chi connectivity index (χ1n) is 8.77. The fraction of sp³-hybridized carbons (Fsp3) is 0.100. The summed E-state index contributed by atoms with van der Waals surface area (Å²) < 4.78 is 29.7. The summed E-state index contributed by atoms with van der Waals surface area (Å²) in [5, 5.41) is 12.5. The van der Waals surface area contributed by atoms with Crippen LogP contribution in [-0.2, 0) is 10.0 Å². The summed E-state index contributed by atoms with van der Waals surface area (Å²) in [5.74, 6) is 0.457. The molecule has 0 aliphatic carbocycles. The van der Waals surface area contributed by atoms with E-state index in [0.29, 0.717) is 28.4 Å². The number of sulfonamides is 1. The van der Waals surface area contributed by atoms with Crippen LogP contribution in [0.15, 0.2) is 65.6 Å². The van der Waals surface area contributed by atoms with Gasteiger partial charge in [0.25, 0.3) is 10.0 Å². The molecule has 0 aliphatic rings. The summed E-state index contributed by atoms with van der Waals surface area (Å²) in [6.07, 6.45) is 0. The summed E-state index contributed by atoms with van der Waals surface area (Å²) >= 11 is 0. The molecule has 0 radical (unpaired) electrons. The summed E-state index contributed by atoms with van der Waals surface area (Å²) in [7, 11) is -3.85. The lowest BCUT2D eigenvalue weighted by molar-refractivity contribution is 0.101. The number of benzene rings is 2. The highest BCUT2D eigenvalue weighted by Gasteiger charge is 2.16. The zero-order chi connectivity index (χ0) is 20.6. The first-order valence-corrected chi connectivity index (χ1v) is 10.3. The second-order valence-electron chi connectivity index (χ2n) is 6.51. The van der Waals surface area contributed by atoms with Gasteiger partial charge < -0.3 is 0 Å². The molecule has 0 saturated heterocycles. The van der Waals surface area contributed by atoms with Crippen LogP contribution in [0.2, 0.25) is 0 Å². The Balaban J connectivity index is 1.67. The van der Waals surface area contributed by atoms with Crippen LogP contribution in [0.3, 0.4) is 0 Å². The van der Waals surface area contributed by atoms with Gasteiger partial charge in [0.15, 0.2) is 17.3 Å². The summed E-state index contributed by atoms with van der Waals surface area (Å²) in [6, 6.07) is 16.4. The molecular weight excluding hydrogens is 390 g/mol. The minimum Gasteiger partial charge on any atom is -0.295 e. The van der Waals surface area contributed by atoms with Crippen molar-refractivity contribution in [1.82, 2.24) is 19.8 Å². The fourth-order valence-corrected chi connectivity index (χ4v) is 3.98. The highest BCUT2D eigenvalue weighted by molar-refractivity contribution is 7.92. The maximum Gasteiger partial charge on any atom is 0.261 e. The lowest BCUT2D eigenvalue weighted by Gasteiger charge is -2.10. The van der Waals surface area contributed by atoms with Gasteiger partial charge in [-0.2, -0.15) is 9.61 Å². The van der Waals surface area contributed by atoms with E-state index in [1.165, 1.54) is 19.1 Å². The van der Waals surface area contributed by atoms with Crippen LogP contribution in [0.5, 0.6) is 0 Å². The summed E-state index contributed by atoms with van der Waals surface area (Å²) in [5.41, 5.74) is 2.74. The number of aryl methyl sites for hydroxylation is 1. The van der Waals surface area contributed by atoms with Crippen molar-refractivity contribution in [3.05, 3.63) is 72.1 Å². The van der Waals surface area contributed by atoms with Crippen molar-refractivity contribution in [2.45, 2.75) is 18.7 Å². The zero-order valence-electron chi connectivity index (χ0n) is 15.7. The van der Waals surface area contributed by atoms with E-state index in [-0.39, 0.29) is 10.7 Å². The lowest BCUT2D eigenvalue weighted by Crippen LogP contribution is -2.13. The van der Waals surface area contributed by atoms with Gasteiger partial charge in [-0.15, -0.1) is 10.2 Å². The van der Waals surface area contributed by atoms with E-state index in [9.17, 15) is 13.2 Å². The molecule has 1 N–H and O–H groups in total. The number of hydrogen-bond acceptors (Lipinski definition) is 6. The maximum absolute atomic E-state index is 12.8. The normalized spacial score (nSPS) is 11.5. The molecule has 0 amide bonds. The first kappa shape index (κ1) is 18.8. The summed E-state index contributed by atoms with van der Waals surface area (Å²) in [4.78, 5) is 11.6. The van der Waals surface area contributed by atoms with Crippen LogP contribution in [0.25, 0.3) is 16.9 Å². The number of Topliss-reactive ketones (excluding diaryl/α,β-unsaturated/α-hetero) is 1. The van der Waals surface area contributed by atoms with Crippen molar-refractivity contribution in [3.8, 4) is 11.3 Å². The zero-order valence-corrected chi connectivity index (χ0v) is 16.5. The topological polar surface area (TPSA) is 106 Å². The Hall–Kier alpha value is -3.59. The van der Waals surface area contributed by atoms with E-state index in [1.54, 1.807) is 53.9 Å². The van der Waals surface area contributed by atoms with Crippen LogP contribution in [0.4, 0.5) is 5.69 Å². The highest BCUT2D eigenvalue weighted by atomic mass is 32.2. The van der Waals surface area contributed by atoms with Crippen molar-refractivity contribution < 1.29 is 13.2 Å². The number of nitrogens with zero attached hydrogens (tertiary/aromatic N) is 4. The molecule has 4 rings (SSSR count). The van der Waals surface area contributed by atoms with E-state index < -0.39 is 10.0 Å². The van der Waals surface area contributed by atoms with Gasteiger partial charge in [-0.25, -0.2) is 8.42 Å². The van der Waals surface area contributed by atoms with Crippen LogP contribution in [0, 0.1) is 6.92 Å². The Bertz CT molecular complexity index is 1350. The lowest BCUT2D eigenvalue weighted by atomic mass is 10.1. The van der Waals surface area contributed by atoms with Crippen LogP contribution >= 0.6 is 0 Å². The van der Waals surface area contributed by atoms with Gasteiger partial charge in [-0.1, -0.05) is 24.3 Å². The second kappa shape index (κ2) is 7.10. The van der Waals surface area contributed by atoms with E-state index in [2.05, 4.69) is 20.0 Å². The number of carbonyl (C=O) groups is 1. The molecule has 4 aromatic rings. The van der Waals surface area contributed by atoms with Crippen molar-refractivity contribution in [2.24, 2.45) is 0 Å². The molecular formula is C20H17N5O3S. The largest absolute Gasteiger partial charge is 0.295 e. The van der Waals surface area contributed by atoms with Gasteiger partial charge in [-0.3, -0.25) is 9.52 Å². The second-order valence-corrected chi connectivity index (χ2v) is 8.19. The molecule has 0 spiro atoms.